The molecule has 16 heteroatoms. The number of hydrogen-bond acceptors (Lipinski definition) is 8. The van der Waals surface area contributed by atoms with Gasteiger partial charge in [-0.25, -0.2) is 0 Å². The van der Waals surface area contributed by atoms with Gasteiger partial charge in [0.25, 0.3) is 0 Å². The van der Waals surface area contributed by atoms with E-state index in [2.05, 4.69) is 0 Å². The molecule has 0 spiro atoms. The fourth-order valence-electron chi connectivity index (χ4n) is 4.07. The SMILES string of the molecule is CCC(C)P(=O)(O)C(C)CC.CCC(C)P(=O)(O)C(C)CC.CCC(C)P(=O)(O)C(C)CC.CCC(C)P(=O)(O)C(C)CC.OCC(O)C(O)CO. The van der Waals surface area contributed by atoms with Crippen LogP contribution in [0.5, 0.6) is 0 Å². The summed E-state index contributed by atoms with van der Waals surface area (Å²) >= 11 is 0. The Morgan fingerprint density at radius 1 is 0.327 bits per heavy atom. The number of rotatable bonds is 19. The third-order valence-corrected chi connectivity index (χ3v) is 23.6. The van der Waals surface area contributed by atoms with Gasteiger partial charge < -0.3 is 40.0 Å². The third kappa shape index (κ3) is 23.6. The molecule has 0 aromatic carbocycles. The van der Waals surface area contributed by atoms with Crippen molar-refractivity contribution in [3.05, 3.63) is 0 Å². The molecule has 0 amide bonds. The van der Waals surface area contributed by atoms with Crippen LogP contribution in [-0.4, -0.2) is 111 Å². The highest BCUT2D eigenvalue weighted by molar-refractivity contribution is 7.60. The zero-order chi connectivity index (χ0) is 42.8. The van der Waals surface area contributed by atoms with Gasteiger partial charge in [-0.3, -0.25) is 18.3 Å². The molecule has 0 fully saturated rings. The minimum absolute atomic E-state index is 0.0440. The topological polar surface area (TPSA) is 230 Å². The van der Waals surface area contributed by atoms with Crippen LogP contribution in [0.1, 0.15) is 162 Å². The summed E-state index contributed by atoms with van der Waals surface area (Å²) < 4.78 is 46.5. The second-order valence-corrected chi connectivity index (χ2v) is 26.7. The van der Waals surface area contributed by atoms with Crippen LogP contribution in [0.25, 0.3) is 0 Å². The Kier molecular flexibility index (Phi) is 37.6. The molecule has 0 aromatic rings. The van der Waals surface area contributed by atoms with Crippen LogP contribution in [0.15, 0.2) is 0 Å². The molecule has 322 valence electrons. The summed E-state index contributed by atoms with van der Waals surface area (Å²) in [5.74, 6) is 0. The van der Waals surface area contributed by atoms with Crippen LogP contribution >= 0.6 is 29.5 Å². The van der Waals surface area contributed by atoms with E-state index in [1.165, 1.54) is 0 Å². The molecular weight excluding hydrogens is 748 g/mol. The van der Waals surface area contributed by atoms with Gasteiger partial charge in [-0.05, 0) is 51.4 Å². The van der Waals surface area contributed by atoms with Crippen molar-refractivity contribution in [2.45, 2.75) is 220 Å². The summed E-state index contributed by atoms with van der Waals surface area (Å²) in [6.45, 7) is 29.4. The van der Waals surface area contributed by atoms with E-state index in [1.54, 1.807) is 0 Å². The number of aliphatic hydroxyl groups excluding tert-OH is 4. The Hall–Kier alpha value is 0.600. The smallest absolute Gasteiger partial charge is 0.206 e. The van der Waals surface area contributed by atoms with Crippen molar-refractivity contribution in [3.8, 4) is 0 Å². The van der Waals surface area contributed by atoms with Crippen molar-refractivity contribution < 1.29 is 58.3 Å². The summed E-state index contributed by atoms with van der Waals surface area (Å²) in [6.07, 6.45) is 3.87. The molecule has 10 unspecified atom stereocenters. The van der Waals surface area contributed by atoms with Crippen LogP contribution in [0.2, 0.25) is 0 Å². The van der Waals surface area contributed by atoms with Crippen molar-refractivity contribution in [1.82, 2.24) is 0 Å². The highest BCUT2D eigenvalue weighted by atomic mass is 31.2. The summed E-state index contributed by atoms with van der Waals surface area (Å²) in [5.41, 5.74) is -0.352. The van der Waals surface area contributed by atoms with E-state index < -0.39 is 54.9 Å². The summed E-state index contributed by atoms with van der Waals surface area (Å²) in [4.78, 5) is 38.4. The lowest BCUT2D eigenvalue weighted by Crippen LogP contribution is -2.31. The zero-order valence-corrected chi connectivity index (χ0v) is 39.4. The Bertz CT molecular complexity index is 839. The van der Waals surface area contributed by atoms with Crippen molar-refractivity contribution in [1.29, 1.82) is 0 Å². The van der Waals surface area contributed by atoms with Crippen molar-refractivity contribution in [2.75, 3.05) is 13.2 Å². The molecule has 0 radical (unpaired) electrons. The molecule has 0 bridgehead atoms. The van der Waals surface area contributed by atoms with E-state index in [1.807, 2.05) is 111 Å². The van der Waals surface area contributed by atoms with Crippen LogP contribution in [0, 0.1) is 0 Å². The molecule has 12 nitrogen and oxygen atoms in total. The molecule has 52 heavy (non-hydrogen) atoms. The Balaban J connectivity index is -0.000000178. The van der Waals surface area contributed by atoms with Gasteiger partial charge >= 0.3 is 0 Å². The predicted octanol–water partition coefficient (Wildman–Crippen LogP) is 9.11. The fraction of sp³-hybridized carbons (Fsp3) is 1.00. The van der Waals surface area contributed by atoms with Crippen LogP contribution < -0.4 is 0 Å². The van der Waals surface area contributed by atoms with E-state index in [-0.39, 0.29) is 45.3 Å². The Labute approximate surface area is 319 Å². The average molecular weight is 835 g/mol. The normalized spacial score (nSPS) is 21.6. The van der Waals surface area contributed by atoms with E-state index in [0.29, 0.717) is 0 Å². The lowest BCUT2D eigenvalue weighted by molar-refractivity contribution is -0.0388. The molecular formula is C36H86O12P4. The van der Waals surface area contributed by atoms with Crippen LogP contribution in [-0.2, 0) is 18.3 Å². The summed E-state index contributed by atoms with van der Waals surface area (Å²) in [6, 6.07) is 0. The lowest BCUT2D eigenvalue weighted by atomic mass is 10.2. The first-order valence-corrected chi connectivity index (χ1v) is 26.6. The molecule has 0 rings (SSSR count). The average Bonchev–Trinajstić information content (AvgIpc) is 3.14. The molecule has 0 saturated heterocycles. The molecule has 8 N–H and O–H groups in total. The van der Waals surface area contributed by atoms with Gasteiger partial charge in [-0.1, -0.05) is 111 Å². The molecule has 10 atom stereocenters. The van der Waals surface area contributed by atoms with Crippen molar-refractivity contribution >= 4 is 29.5 Å². The number of hydrogen-bond donors (Lipinski definition) is 8. The molecule has 0 heterocycles. The largest absolute Gasteiger partial charge is 0.394 e. The van der Waals surface area contributed by atoms with Gasteiger partial charge in [0.15, 0.2) is 0 Å². The van der Waals surface area contributed by atoms with Gasteiger partial charge in [-0.15, -0.1) is 0 Å². The van der Waals surface area contributed by atoms with Crippen molar-refractivity contribution in [2.24, 2.45) is 0 Å². The maximum Gasteiger partial charge on any atom is 0.206 e. The quantitative estimate of drug-likeness (QED) is 0.0570. The van der Waals surface area contributed by atoms with E-state index in [9.17, 15) is 37.8 Å². The van der Waals surface area contributed by atoms with Gasteiger partial charge in [0.1, 0.15) is 12.2 Å². The van der Waals surface area contributed by atoms with Gasteiger partial charge in [0.2, 0.25) is 29.5 Å². The first-order valence-electron chi connectivity index (χ1n) is 19.4. The first-order chi connectivity index (χ1) is 23.6. The van der Waals surface area contributed by atoms with Crippen molar-refractivity contribution in [3.63, 3.8) is 0 Å². The highest BCUT2D eigenvalue weighted by Gasteiger charge is 2.33. The third-order valence-electron chi connectivity index (χ3n) is 10.6. The molecule has 0 saturated carbocycles. The maximum absolute atomic E-state index is 11.6. The second-order valence-electron chi connectivity index (χ2n) is 14.2. The van der Waals surface area contributed by atoms with E-state index >= 15 is 0 Å². The van der Waals surface area contributed by atoms with E-state index in [0.717, 1.165) is 51.4 Å². The second kappa shape index (κ2) is 31.7. The van der Waals surface area contributed by atoms with Gasteiger partial charge in [-0.2, -0.15) is 0 Å². The minimum Gasteiger partial charge on any atom is -0.394 e. The molecule has 0 aromatic heterocycles. The van der Waals surface area contributed by atoms with Gasteiger partial charge in [0, 0.05) is 45.3 Å². The molecule has 0 aliphatic carbocycles. The van der Waals surface area contributed by atoms with Crippen LogP contribution in [0.3, 0.4) is 0 Å². The summed E-state index contributed by atoms with van der Waals surface area (Å²) in [5, 5.41) is 33.2. The summed E-state index contributed by atoms with van der Waals surface area (Å²) in [7, 11) is -11.5. The first kappa shape index (κ1) is 61.8. The van der Waals surface area contributed by atoms with Crippen LogP contribution in [0.4, 0.5) is 0 Å². The Morgan fingerprint density at radius 2 is 0.423 bits per heavy atom. The highest BCUT2D eigenvalue weighted by Crippen LogP contribution is 2.55. The molecule has 0 aliphatic heterocycles. The minimum atomic E-state index is -2.87. The Morgan fingerprint density at radius 3 is 0.481 bits per heavy atom. The van der Waals surface area contributed by atoms with Gasteiger partial charge in [0.05, 0.1) is 13.2 Å². The standard InChI is InChI=1S/4C8H19O2P.C4H10O4/c4*1-5-7(3)11(9,10)8(4)6-2;5-1-3(7)4(8)2-6/h4*7-8H,5-6H2,1-4H3,(H,9,10);3-8H,1-2H2. The lowest BCUT2D eigenvalue weighted by Gasteiger charge is -2.23. The molecule has 0 aliphatic rings. The van der Waals surface area contributed by atoms with E-state index in [4.69, 9.17) is 20.4 Å². The maximum atomic E-state index is 11.6. The number of aliphatic hydroxyl groups is 4. The zero-order valence-electron chi connectivity index (χ0n) is 35.8. The predicted molar refractivity (Wildman–Crippen MR) is 224 cm³/mol. The fourth-order valence-corrected chi connectivity index (χ4v) is 11.7. The monoisotopic (exact) mass is 835 g/mol.